The normalized spacial score (nSPS) is 11.1. The van der Waals surface area contributed by atoms with Crippen molar-refractivity contribution in [3.8, 4) is 0 Å². The van der Waals surface area contributed by atoms with Crippen LogP contribution >= 0.6 is 0 Å². The summed E-state index contributed by atoms with van der Waals surface area (Å²) >= 11 is 0. The second-order valence-corrected chi connectivity index (χ2v) is 4.76. The Morgan fingerprint density at radius 1 is 1.14 bits per heavy atom. The molecule has 0 unspecified atom stereocenters. The first-order valence-electron chi connectivity index (χ1n) is 5.47. The Balaban J connectivity index is 0. The van der Waals surface area contributed by atoms with E-state index in [-0.39, 0.29) is 6.73 Å². The van der Waals surface area contributed by atoms with Crippen molar-refractivity contribution in [1.82, 2.24) is 5.01 Å². The van der Waals surface area contributed by atoms with Crippen LogP contribution in [0.5, 0.6) is 0 Å². The van der Waals surface area contributed by atoms with Crippen LogP contribution in [-0.4, -0.2) is 23.4 Å². The zero-order valence-corrected chi connectivity index (χ0v) is 10.5. The molecule has 0 aromatic rings. The van der Waals surface area contributed by atoms with Gasteiger partial charge in [-0.05, 0) is 18.3 Å². The van der Waals surface area contributed by atoms with Gasteiger partial charge in [0.2, 0.25) is 0 Å². The fourth-order valence-electron chi connectivity index (χ4n) is 1.11. The van der Waals surface area contributed by atoms with E-state index >= 15 is 0 Å². The highest BCUT2D eigenvalue weighted by molar-refractivity contribution is 4.58. The first-order chi connectivity index (χ1) is 6.37. The van der Waals surface area contributed by atoms with Crippen LogP contribution in [0, 0.1) is 5.41 Å². The Kier molecular flexibility index (Phi) is 11.0. The smallest absolute Gasteiger partial charge is 0.108 e. The largest absolute Gasteiger partial charge is 0.380 e. The maximum atomic E-state index is 8.27. The van der Waals surface area contributed by atoms with Gasteiger partial charge in [-0.15, -0.1) is 0 Å². The third-order valence-corrected chi connectivity index (χ3v) is 1.69. The zero-order chi connectivity index (χ0) is 11.6. The zero-order valence-electron chi connectivity index (χ0n) is 10.5. The summed E-state index contributed by atoms with van der Waals surface area (Å²) in [7, 11) is 0. The van der Waals surface area contributed by atoms with Gasteiger partial charge in [0.1, 0.15) is 6.73 Å². The van der Waals surface area contributed by atoms with Crippen molar-refractivity contribution in [2.75, 3.05) is 13.3 Å². The van der Waals surface area contributed by atoms with Gasteiger partial charge >= 0.3 is 0 Å². The fourth-order valence-corrected chi connectivity index (χ4v) is 1.11. The highest BCUT2D eigenvalue weighted by atomic mass is 16.3. The molecule has 0 aliphatic rings. The number of aliphatic hydroxyl groups is 1. The summed E-state index contributed by atoms with van der Waals surface area (Å²) in [5.74, 6) is 5.17. The van der Waals surface area contributed by atoms with E-state index in [9.17, 15) is 0 Å². The lowest BCUT2D eigenvalue weighted by Gasteiger charge is -2.15. The van der Waals surface area contributed by atoms with Crippen LogP contribution in [0.25, 0.3) is 0 Å². The number of nitrogens with zero attached hydrogens (tertiary/aromatic N) is 1. The van der Waals surface area contributed by atoms with Gasteiger partial charge in [-0.1, -0.05) is 41.0 Å². The summed E-state index contributed by atoms with van der Waals surface area (Å²) in [6.45, 7) is 11.8. The Bertz CT molecular complexity index is 110. The van der Waals surface area contributed by atoms with Crippen molar-refractivity contribution < 1.29 is 5.11 Å². The van der Waals surface area contributed by atoms with Crippen molar-refractivity contribution in [1.29, 1.82) is 0 Å². The molecule has 0 amide bonds. The van der Waals surface area contributed by atoms with Gasteiger partial charge in [-0.3, -0.25) is 5.84 Å². The van der Waals surface area contributed by atoms with Crippen LogP contribution in [0.2, 0.25) is 0 Å². The Labute approximate surface area is 89.3 Å². The minimum Gasteiger partial charge on any atom is -0.380 e. The molecule has 0 rings (SSSR count). The molecule has 14 heavy (non-hydrogen) atoms. The van der Waals surface area contributed by atoms with Crippen molar-refractivity contribution in [3.05, 3.63) is 0 Å². The molecule has 0 bridgehead atoms. The quantitative estimate of drug-likeness (QED) is 0.420. The van der Waals surface area contributed by atoms with Crippen molar-refractivity contribution in [3.63, 3.8) is 0 Å². The molecular formula is C11H28N2O. The Hall–Kier alpha value is -0.120. The summed E-state index contributed by atoms with van der Waals surface area (Å²) < 4.78 is 0. The van der Waals surface area contributed by atoms with Crippen LogP contribution in [0.3, 0.4) is 0 Å². The number of hydrogen-bond donors (Lipinski definition) is 2. The molecule has 0 radical (unpaired) electrons. The molecule has 0 aromatic carbocycles. The summed E-state index contributed by atoms with van der Waals surface area (Å²) in [6, 6.07) is 0. The minimum atomic E-state index is -0.0478. The van der Waals surface area contributed by atoms with E-state index in [1.54, 1.807) is 0 Å². The number of aliphatic hydroxyl groups excluding tert-OH is 1. The van der Waals surface area contributed by atoms with Crippen LogP contribution in [-0.2, 0) is 0 Å². The molecule has 0 fully saturated rings. The molecule has 0 spiro atoms. The second-order valence-electron chi connectivity index (χ2n) is 4.76. The number of hydrazine groups is 1. The molecule has 0 atom stereocenters. The lowest BCUT2D eigenvalue weighted by molar-refractivity contribution is 0.108. The molecule has 3 heteroatoms. The molecule has 0 saturated carbocycles. The van der Waals surface area contributed by atoms with E-state index in [2.05, 4.69) is 27.7 Å². The molecule has 0 aliphatic heterocycles. The van der Waals surface area contributed by atoms with E-state index in [1.165, 1.54) is 17.9 Å². The summed E-state index contributed by atoms with van der Waals surface area (Å²) in [5, 5.41) is 9.63. The van der Waals surface area contributed by atoms with Crippen molar-refractivity contribution in [2.24, 2.45) is 11.3 Å². The van der Waals surface area contributed by atoms with Crippen LogP contribution in [0.1, 0.15) is 53.9 Å². The third kappa shape index (κ3) is 17.8. The standard InChI is InChI=1S/C7H16.C4H12N2O/c1-5-6-7(2,3)4;1-2-3-6(5)4-7/h5-6H2,1-4H3;7H,2-5H2,1H3. The maximum Gasteiger partial charge on any atom is 0.108 e. The monoisotopic (exact) mass is 204 g/mol. The highest BCUT2D eigenvalue weighted by Crippen LogP contribution is 2.19. The summed E-state index contributed by atoms with van der Waals surface area (Å²) in [5.41, 5.74) is 0.550. The van der Waals surface area contributed by atoms with E-state index < -0.39 is 0 Å². The van der Waals surface area contributed by atoms with Gasteiger partial charge in [0.25, 0.3) is 0 Å². The van der Waals surface area contributed by atoms with E-state index in [1.807, 2.05) is 6.92 Å². The predicted octanol–water partition coefficient (Wildman–Crippen LogP) is 2.35. The SMILES string of the molecule is CCCC(C)(C)C.CCCN(N)CO. The topological polar surface area (TPSA) is 49.5 Å². The van der Waals surface area contributed by atoms with Gasteiger partial charge < -0.3 is 5.11 Å². The average Bonchev–Trinajstić information content (AvgIpc) is 2.03. The molecule has 88 valence electrons. The van der Waals surface area contributed by atoms with Gasteiger partial charge in [0.15, 0.2) is 0 Å². The number of rotatable bonds is 4. The van der Waals surface area contributed by atoms with Gasteiger partial charge in [-0.25, -0.2) is 5.01 Å². The van der Waals surface area contributed by atoms with E-state index in [0.29, 0.717) is 5.41 Å². The van der Waals surface area contributed by atoms with E-state index in [4.69, 9.17) is 10.9 Å². The molecule has 0 aliphatic carbocycles. The number of nitrogens with two attached hydrogens (primary N) is 1. The highest BCUT2D eigenvalue weighted by Gasteiger charge is 2.06. The lowest BCUT2D eigenvalue weighted by Crippen LogP contribution is -2.32. The predicted molar refractivity (Wildman–Crippen MR) is 62.6 cm³/mol. The molecule has 0 saturated heterocycles. The summed E-state index contributed by atoms with van der Waals surface area (Å²) in [4.78, 5) is 0. The Morgan fingerprint density at radius 3 is 1.71 bits per heavy atom. The summed E-state index contributed by atoms with van der Waals surface area (Å²) in [6.07, 6.45) is 3.63. The number of hydrogen-bond acceptors (Lipinski definition) is 3. The molecular weight excluding hydrogens is 176 g/mol. The van der Waals surface area contributed by atoms with Gasteiger partial charge in [0.05, 0.1) is 0 Å². The third-order valence-electron chi connectivity index (χ3n) is 1.69. The Morgan fingerprint density at radius 2 is 1.64 bits per heavy atom. The second kappa shape index (κ2) is 9.44. The molecule has 0 heterocycles. The van der Waals surface area contributed by atoms with Crippen LogP contribution < -0.4 is 5.84 Å². The molecule has 0 aromatic heterocycles. The molecule has 3 N–H and O–H groups in total. The molecule has 3 nitrogen and oxygen atoms in total. The van der Waals surface area contributed by atoms with Crippen LogP contribution in [0.15, 0.2) is 0 Å². The average molecular weight is 204 g/mol. The first kappa shape index (κ1) is 16.3. The van der Waals surface area contributed by atoms with Crippen LogP contribution in [0.4, 0.5) is 0 Å². The minimum absolute atomic E-state index is 0.0478. The van der Waals surface area contributed by atoms with Crippen molar-refractivity contribution >= 4 is 0 Å². The van der Waals surface area contributed by atoms with Crippen molar-refractivity contribution in [2.45, 2.75) is 53.9 Å². The first-order valence-corrected chi connectivity index (χ1v) is 5.47. The lowest BCUT2D eigenvalue weighted by atomic mass is 9.91. The maximum absolute atomic E-state index is 8.27. The van der Waals surface area contributed by atoms with Gasteiger partial charge in [0, 0.05) is 6.54 Å². The van der Waals surface area contributed by atoms with Gasteiger partial charge in [-0.2, -0.15) is 0 Å². The van der Waals surface area contributed by atoms with E-state index in [0.717, 1.165) is 13.0 Å². The fraction of sp³-hybridized carbons (Fsp3) is 1.00.